The number of hydrogen-bond donors (Lipinski definition) is 0. The minimum Gasteiger partial charge on any atom is -0.456 e. The molecule has 1 saturated heterocycles. The highest BCUT2D eigenvalue weighted by Gasteiger charge is 2.57. The lowest BCUT2D eigenvalue weighted by Crippen LogP contribution is -2.53. The minimum absolute atomic E-state index is 0.0253. The highest BCUT2D eigenvalue weighted by atomic mass is 79.9. The Kier molecular flexibility index (Phi) is 4.66. The van der Waals surface area contributed by atoms with Crippen LogP contribution >= 0.6 is 15.9 Å². The first-order valence-electron chi connectivity index (χ1n) is 9.97. The number of amides is 1. The van der Waals surface area contributed by atoms with Crippen molar-refractivity contribution in [3.05, 3.63) is 0 Å². The summed E-state index contributed by atoms with van der Waals surface area (Å²) < 4.78 is 5.67. The Morgan fingerprint density at radius 1 is 1.12 bits per heavy atom. The normalized spacial score (nSPS) is 40.3. The molecule has 4 aliphatic carbocycles. The third kappa shape index (κ3) is 3.77. The number of nitrogens with zero attached hydrogens (tertiary/aromatic N) is 1. The molecular formula is C20H30BrNO3. The summed E-state index contributed by atoms with van der Waals surface area (Å²) in [5, 5.41) is 0. The third-order valence-electron chi connectivity index (χ3n) is 7.12. The van der Waals surface area contributed by atoms with Gasteiger partial charge in [-0.15, -0.1) is 0 Å². The lowest BCUT2D eigenvalue weighted by molar-refractivity contribution is -0.157. The average Bonchev–Trinajstić information content (AvgIpc) is 2.50. The predicted molar refractivity (Wildman–Crippen MR) is 99.3 cm³/mol. The molecule has 0 N–H and O–H groups in total. The van der Waals surface area contributed by atoms with Crippen LogP contribution in [-0.2, 0) is 14.3 Å². The molecule has 1 aliphatic heterocycles. The van der Waals surface area contributed by atoms with Gasteiger partial charge in [0.2, 0.25) is 0 Å². The molecule has 0 spiro atoms. The van der Waals surface area contributed by atoms with E-state index in [0.717, 1.165) is 44.2 Å². The van der Waals surface area contributed by atoms with Crippen LogP contribution in [0.4, 0.5) is 0 Å². The molecule has 0 aromatic carbocycles. The van der Waals surface area contributed by atoms with Gasteiger partial charge in [-0.1, -0.05) is 22.9 Å². The maximum atomic E-state index is 12.5. The molecule has 4 atom stereocenters. The van der Waals surface area contributed by atoms with Gasteiger partial charge in [-0.3, -0.25) is 9.59 Å². The number of halogens is 1. The Morgan fingerprint density at radius 3 is 2.36 bits per heavy atom. The van der Waals surface area contributed by atoms with Crippen molar-refractivity contribution in [1.82, 2.24) is 4.90 Å². The maximum absolute atomic E-state index is 12.5. The smallest absolute Gasteiger partial charge is 0.306 e. The van der Waals surface area contributed by atoms with Crippen molar-refractivity contribution in [2.75, 3.05) is 19.7 Å². The Labute approximate surface area is 159 Å². The van der Waals surface area contributed by atoms with Crippen LogP contribution in [0.25, 0.3) is 0 Å². The summed E-state index contributed by atoms with van der Waals surface area (Å²) in [4.78, 5) is 26.6. The van der Waals surface area contributed by atoms with E-state index in [-0.39, 0.29) is 28.2 Å². The van der Waals surface area contributed by atoms with E-state index in [0.29, 0.717) is 12.3 Å². The molecule has 4 bridgehead atoms. The van der Waals surface area contributed by atoms with Crippen molar-refractivity contribution in [2.24, 2.45) is 23.2 Å². The van der Waals surface area contributed by atoms with Gasteiger partial charge in [-0.2, -0.15) is 0 Å². The number of rotatable bonds is 4. The van der Waals surface area contributed by atoms with Gasteiger partial charge in [0.25, 0.3) is 5.91 Å². The molecule has 5 heteroatoms. The van der Waals surface area contributed by atoms with Crippen molar-refractivity contribution >= 4 is 27.8 Å². The first-order valence-corrected chi connectivity index (χ1v) is 10.8. The fraction of sp³-hybridized carbons (Fsp3) is 0.900. The fourth-order valence-corrected chi connectivity index (χ4v) is 7.90. The maximum Gasteiger partial charge on any atom is 0.306 e. The zero-order valence-corrected chi connectivity index (χ0v) is 16.9. The first-order chi connectivity index (χ1) is 11.8. The van der Waals surface area contributed by atoms with Gasteiger partial charge in [0.15, 0.2) is 6.61 Å². The molecule has 140 valence electrons. The van der Waals surface area contributed by atoms with Crippen LogP contribution < -0.4 is 0 Å². The molecule has 25 heavy (non-hydrogen) atoms. The number of esters is 1. The highest BCUT2D eigenvalue weighted by Crippen LogP contribution is 2.65. The van der Waals surface area contributed by atoms with Crippen LogP contribution in [0, 0.1) is 23.2 Å². The second-order valence-corrected chi connectivity index (χ2v) is 11.2. The SMILES string of the molecule is CC1CCN(C(=O)COC(=O)CC23C[C@@H]4C[C@@H](CC(Br)(C4)C2)C3)CC1. The monoisotopic (exact) mass is 411 g/mol. The fourth-order valence-electron chi connectivity index (χ4n) is 6.39. The van der Waals surface area contributed by atoms with Crippen molar-refractivity contribution < 1.29 is 14.3 Å². The number of piperidine rings is 1. The molecule has 4 nitrogen and oxygen atoms in total. The Morgan fingerprint density at radius 2 is 1.76 bits per heavy atom. The molecule has 1 heterocycles. The van der Waals surface area contributed by atoms with E-state index in [4.69, 9.17) is 4.74 Å². The quantitative estimate of drug-likeness (QED) is 0.520. The Balaban J connectivity index is 1.29. The van der Waals surface area contributed by atoms with Gasteiger partial charge in [-0.25, -0.2) is 0 Å². The highest BCUT2D eigenvalue weighted by molar-refractivity contribution is 9.10. The summed E-state index contributed by atoms with van der Waals surface area (Å²) in [6, 6.07) is 0. The van der Waals surface area contributed by atoms with E-state index in [1.165, 1.54) is 32.1 Å². The second-order valence-electron chi connectivity index (χ2n) is 9.51. The first kappa shape index (κ1) is 17.8. The van der Waals surface area contributed by atoms with Gasteiger partial charge in [0.1, 0.15) is 0 Å². The predicted octanol–water partition coefficient (Wildman–Crippen LogP) is 3.91. The Hall–Kier alpha value is -0.580. The lowest BCUT2D eigenvalue weighted by atomic mass is 9.49. The summed E-state index contributed by atoms with van der Waals surface area (Å²) in [6.07, 6.45) is 9.93. The molecule has 5 fully saturated rings. The number of carbonyl (C=O) groups excluding carboxylic acids is 2. The number of ether oxygens (including phenoxy) is 1. The summed E-state index contributed by atoms with van der Waals surface area (Å²) in [6.45, 7) is 3.76. The molecule has 1 amide bonds. The van der Waals surface area contributed by atoms with Crippen molar-refractivity contribution in [3.8, 4) is 0 Å². The number of alkyl halides is 1. The van der Waals surface area contributed by atoms with E-state index in [2.05, 4.69) is 22.9 Å². The molecular weight excluding hydrogens is 382 g/mol. The summed E-state index contributed by atoms with van der Waals surface area (Å²) >= 11 is 3.99. The summed E-state index contributed by atoms with van der Waals surface area (Å²) in [5.74, 6) is 2.04. The van der Waals surface area contributed by atoms with Gasteiger partial charge >= 0.3 is 5.97 Å². The third-order valence-corrected chi connectivity index (χ3v) is 8.05. The van der Waals surface area contributed by atoms with Crippen molar-refractivity contribution in [1.29, 1.82) is 0 Å². The van der Waals surface area contributed by atoms with E-state index >= 15 is 0 Å². The van der Waals surface area contributed by atoms with Crippen LogP contribution in [0.5, 0.6) is 0 Å². The van der Waals surface area contributed by atoms with Crippen LogP contribution in [-0.4, -0.2) is 40.8 Å². The zero-order valence-electron chi connectivity index (χ0n) is 15.3. The number of hydrogen-bond acceptors (Lipinski definition) is 3. The molecule has 4 saturated carbocycles. The second kappa shape index (κ2) is 6.54. The van der Waals surface area contributed by atoms with Crippen LogP contribution in [0.1, 0.15) is 64.7 Å². The number of likely N-dealkylation sites (tertiary alicyclic amines) is 1. The molecule has 5 rings (SSSR count). The van der Waals surface area contributed by atoms with Crippen LogP contribution in [0.3, 0.4) is 0 Å². The standard InChI is InChI=1S/C20H30BrNO3/c1-14-2-4-22(5-3-14)17(23)12-25-18(24)11-19-7-15-6-16(8-19)10-20(21,9-15)13-19/h14-16H,2-13H2,1H3/t15-,16+,19?,20?. The van der Waals surface area contributed by atoms with Crippen LogP contribution in [0.15, 0.2) is 0 Å². The largest absolute Gasteiger partial charge is 0.456 e. The lowest BCUT2D eigenvalue weighted by Gasteiger charge is -2.60. The summed E-state index contributed by atoms with van der Waals surface area (Å²) in [7, 11) is 0. The van der Waals surface area contributed by atoms with E-state index in [1.807, 2.05) is 4.90 Å². The molecule has 5 aliphatic rings. The molecule has 2 unspecified atom stereocenters. The zero-order chi connectivity index (χ0) is 17.7. The topological polar surface area (TPSA) is 46.6 Å². The minimum atomic E-state index is -0.170. The van der Waals surface area contributed by atoms with E-state index in [9.17, 15) is 9.59 Å². The van der Waals surface area contributed by atoms with Crippen LogP contribution in [0.2, 0.25) is 0 Å². The molecule has 0 radical (unpaired) electrons. The number of carbonyl (C=O) groups is 2. The average molecular weight is 412 g/mol. The Bertz CT molecular complexity index is 541. The van der Waals surface area contributed by atoms with Gasteiger partial charge < -0.3 is 9.64 Å². The van der Waals surface area contributed by atoms with Gasteiger partial charge in [0.05, 0.1) is 6.42 Å². The van der Waals surface area contributed by atoms with E-state index in [1.54, 1.807) is 0 Å². The van der Waals surface area contributed by atoms with Gasteiger partial charge in [0, 0.05) is 17.4 Å². The van der Waals surface area contributed by atoms with Crippen molar-refractivity contribution in [3.63, 3.8) is 0 Å². The molecule has 0 aromatic rings. The van der Waals surface area contributed by atoms with Crippen molar-refractivity contribution in [2.45, 2.75) is 69.0 Å². The van der Waals surface area contributed by atoms with E-state index < -0.39 is 0 Å². The molecule has 0 aromatic heterocycles. The van der Waals surface area contributed by atoms with Gasteiger partial charge in [-0.05, 0) is 74.5 Å². The summed E-state index contributed by atoms with van der Waals surface area (Å²) in [5.41, 5.74) is 0.119.